The molecule has 0 aliphatic carbocycles. The van der Waals surface area contributed by atoms with Gasteiger partial charge in [0.25, 0.3) is 0 Å². The SMILES string of the molecule is CCCCCCCC(O)C(O)CCCCCCCC(=O)OC(COC(=O)CCCCCCCC(O)CO)COC(=O)CCCCCCCC(O)C(O)CC. The van der Waals surface area contributed by atoms with Crippen LogP contribution in [0, 0.1) is 0 Å². The summed E-state index contributed by atoms with van der Waals surface area (Å²) < 4.78 is 16.4. The predicted octanol–water partition coefficient (Wildman–Crippen LogP) is 6.74. The lowest BCUT2D eigenvalue weighted by atomic mass is 10.00. The van der Waals surface area contributed by atoms with E-state index in [1.165, 1.54) is 19.3 Å². The Labute approximate surface area is 326 Å². The van der Waals surface area contributed by atoms with E-state index in [9.17, 15) is 39.9 Å². The number of ether oxygens (including phenoxy) is 3. The zero-order valence-electron chi connectivity index (χ0n) is 34.0. The monoisotopic (exact) mass is 777 g/mol. The van der Waals surface area contributed by atoms with Crippen LogP contribution in [0.5, 0.6) is 0 Å². The van der Waals surface area contributed by atoms with Crippen LogP contribution in [0.25, 0.3) is 0 Å². The third-order valence-corrected chi connectivity index (χ3v) is 9.96. The topological polar surface area (TPSA) is 200 Å². The lowest BCUT2D eigenvalue weighted by Crippen LogP contribution is -2.30. The maximum atomic E-state index is 12.7. The second kappa shape index (κ2) is 36.8. The van der Waals surface area contributed by atoms with E-state index in [2.05, 4.69) is 6.92 Å². The highest BCUT2D eigenvalue weighted by molar-refractivity contribution is 5.71. The summed E-state index contributed by atoms with van der Waals surface area (Å²) in [5.74, 6) is -1.29. The fourth-order valence-corrected chi connectivity index (χ4v) is 6.26. The van der Waals surface area contributed by atoms with Gasteiger partial charge < -0.3 is 44.8 Å². The number of hydrogen-bond acceptors (Lipinski definition) is 12. The van der Waals surface area contributed by atoms with E-state index in [4.69, 9.17) is 19.3 Å². The van der Waals surface area contributed by atoms with Crippen LogP contribution in [0.3, 0.4) is 0 Å². The van der Waals surface area contributed by atoms with Gasteiger partial charge in [-0.25, -0.2) is 0 Å². The Morgan fingerprint density at radius 1 is 0.444 bits per heavy atom. The molecule has 0 amide bonds. The van der Waals surface area contributed by atoms with Gasteiger partial charge in [0.15, 0.2) is 6.10 Å². The third-order valence-electron chi connectivity index (χ3n) is 9.96. The van der Waals surface area contributed by atoms with Crippen LogP contribution >= 0.6 is 0 Å². The van der Waals surface area contributed by atoms with Gasteiger partial charge in [-0.2, -0.15) is 0 Å². The molecule has 0 rings (SSSR count). The number of rotatable bonds is 39. The molecule has 0 saturated carbocycles. The number of unbranched alkanes of at least 4 members (excludes halogenated alkanes) is 16. The molecule has 0 aromatic rings. The summed E-state index contributed by atoms with van der Waals surface area (Å²) >= 11 is 0. The number of carbonyl (C=O) groups excluding carboxylic acids is 3. The summed E-state index contributed by atoms with van der Waals surface area (Å²) in [6.07, 6.45) is 16.8. The first-order valence-corrected chi connectivity index (χ1v) is 21.6. The largest absolute Gasteiger partial charge is 0.462 e. The van der Waals surface area contributed by atoms with E-state index in [0.717, 1.165) is 89.9 Å². The van der Waals surface area contributed by atoms with E-state index in [-0.39, 0.29) is 39.1 Å². The number of carbonyl (C=O) groups is 3. The van der Waals surface area contributed by atoms with Crippen molar-refractivity contribution in [3.05, 3.63) is 0 Å². The second-order valence-corrected chi connectivity index (χ2v) is 15.1. The molecule has 6 N–H and O–H groups in total. The molecule has 6 atom stereocenters. The van der Waals surface area contributed by atoms with Gasteiger partial charge in [0.2, 0.25) is 0 Å². The van der Waals surface area contributed by atoms with Crippen LogP contribution in [0.1, 0.15) is 194 Å². The van der Waals surface area contributed by atoms with Gasteiger partial charge in [-0.3, -0.25) is 14.4 Å². The first-order valence-electron chi connectivity index (χ1n) is 21.6. The normalized spacial score (nSPS) is 14.9. The Kier molecular flexibility index (Phi) is 35.5. The molecule has 0 aliphatic heterocycles. The molecule has 0 aromatic heterocycles. The smallest absolute Gasteiger partial charge is 0.306 e. The average molecular weight is 777 g/mol. The highest BCUT2D eigenvalue weighted by atomic mass is 16.6. The van der Waals surface area contributed by atoms with Gasteiger partial charge in [-0.15, -0.1) is 0 Å². The summed E-state index contributed by atoms with van der Waals surface area (Å²) in [7, 11) is 0. The van der Waals surface area contributed by atoms with Crippen molar-refractivity contribution in [3.8, 4) is 0 Å². The molecule has 0 radical (unpaired) electrons. The zero-order valence-corrected chi connectivity index (χ0v) is 34.0. The molecule has 0 aliphatic rings. The van der Waals surface area contributed by atoms with E-state index in [1.807, 2.05) is 6.92 Å². The average Bonchev–Trinajstić information content (AvgIpc) is 3.16. The van der Waals surface area contributed by atoms with Gasteiger partial charge in [-0.05, 0) is 51.4 Å². The molecule has 320 valence electrons. The van der Waals surface area contributed by atoms with Crippen molar-refractivity contribution >= 4 is 17.9 Å². The van der Waals surface area contributed by atoms with Crippen molar-refractivity contribution in [2.45, 2.75) is 230 Å². The van der Waals surface area contributed by atoms with Gasteiger partial charge in [0.1, 0.15) is 13.2 Å². The number of hydrogen-bond donors (Lipinski definition) is 6. The molecule has 54 heavy (non-hydrogen) atoms. The molecule has 0 heterocycles. The van der Waals surface area contributed by atoms with Crippen molar-refractivity contribution in [1.29, 1.82) is 0 Å². The van der Waals surface area contributed by atoms with Crippen LogP contribution < -0.4 is 0 Å². The molecular weight excluding hydrogens is 696 g/mol. The molecule has 0 aromatic carbocycles. The highest BCUT2D eigenvalue weighted by Crippen LogP contribution is 2.16. The summed E-state index contributed by atoms with van der Waals surface area (Å²) in [6.45, 7) is 3.35. The molecule has 0 fully saturated rings. The number of aliphatic hydroxyl groups excluding tert-OH is 6. The van der Waals surface area contributed by atoms with Crippen LogP contribution in [-0.2, 0) is 28.6 Å². The first kappa shape index (κ1) is 52.2. The van der Waals surface area contributed by atoms with E-state index < -0.39 is 54.5 Å². The van der Waals surface area contributed by atoms with Gasteiger partial charge in [0, 0.05) is 19.3 Å². The van der Waals surface area contributed by atoms with Gasteiger partial charge in [-0.1, -0.05) is 123 Å². The summed E-state index contributed by atoms with van der Waals surface area (Å²) in [5, 5.41) is 58.3. The molecule has 0 spiro atoms. The minimum atomic E-state index is -0.909. The van der Waals surface area contributed by atoms with Gasteiger partial charge in [0.05, 0.1) is 37.1 Å². The lowest BCUT2D eigenvalue weighted by Gasteiger charge is -2.18. The van der Waals surface area contributed by atoms with Gasteiger partial charge >= 0.3 is 17.9 Å². The minimum absolute atomic E-state index is 0.182. The summed E-state index contributed by atoms with van der Waals surface area (Å²) in [6, 6.07) is 0. The lowest BCUT2D eigenvalue weighted by molar-refractivity contribution is -0.167. The Bertz CT molecular complexity index is 887. The summed E-state index contributed by atoms with van der Waals surface area (Å²) in [4.78, 5) is 37.5. The van der Waals surface area contributed by atoms with Crippen molar-refractivity contribution in [2.24, 2.45) is 0 Å². The fraction of sp³-hybridized carbons (Fsp3) is 0.929. The molecule has 12 heteroatoms. The fourth-order valence-electron chi connectivity index (χ4n) is 6.26. The van der Waals surface area contributed by atoms with E-state index in [0.29, 0.717) is 51.4 Å². The van der Waals surface area contributed by atoms with Crippen LogP contribution in [0.4, 0.5) is 0 Å². The van der Waals surface area contributed by atoms with Crippen molar-refractivity contribution in [2.75, 3.05) is 19.8 Å². The third kappa shape index (κ3) is 32.4. The molecular formula is C42H80O12. The molecule has 12 nitrogen and oxygen atoms in total. The number of aliphatic hydroxyl groups is 6. The Balaban J connectivity index is 4.51. The second-order valence-electron chi connectivity index (χ2n) is 15.1. The van der Waals surface area contributed by atoms with E-state index in [1.54, 1.807) is 0 Å². The van der Waals surface area contributed by atoms with Crippen molar-refractivity contribution in [1.82, 2.24) is 0 Å². The van der Waals surface area contributed by atoms with Crippen molar-refractivity contribution < 1.29 is 59.2 Å². The quantitative estimate of drug-likeness (QED) is 0.0219. The predicted molar refractivity (Wildman–Crippen MR) is 210 cm³/mol. The highest BCUT2D eigenvalue weighted by Gasteiger charge is 2.20. The summed E-state index contributed by atoms with van der Waals surface area (Å²) in [5.41, 5.74) is 0. The van der Waals surface area contributed by atoms with Crippen LogP contribution in [0.15, 0.2) is 0 Å². The molecule has 0 bridgehead atoms. The van der Waals surface area contributed by atoms with Crippen LogP contribution in [0.2, 0.25) is 0 Å². The zero-order chi connectivity index (χ0) is 40.2. The maximum absolute atomic E-state index is 12.7. The minimum Gasteiger partial charge on any atom is -0.462 e. The molecule has 0 saturated heterocycles. The number of esters is 3. The molecule has 6 unspecified atom stereocenters. The van der Waals surface area contributed by atoms with E-state index >= 15 is 0 Å². The standard InChI is InChI=1S/C42H80O12/c1-3-5-6-10-18-26-38(47)39(48)27-20-13-9-16-23-30-42(51)54-35(32-52-40(49)28-21-14-7-11-17-24-34(44)31-43)33-53-41(50)29-22-15-8-12-19-25-37(46)36(45)4-2/h34-39,43-48H,3-33H2,1-2H3. The maximum Gasteiger partial charge on any atom is 0.306 e. The first-order chi connectivity index (χ1) is 26.0. The Morgan fingerprint density at radius 2 is 0.796 bits per heavy atom. The van der Waals surface area contributed by atoms with Crippen molar-refractivity contribution in [3.63, 3.8) is 0 Å². The van der Waals surface area contributed by atoms with Crippen LogP contribution in [-0.4, -0.2) is 105 Å². The Morgan fingerprint density at radius 3 is 1.20 bits per heavy atom. The Hall–Kier alpha value is -1.83.